The topological polar surface area (TPSA) is 64.9 Å². The largest absolute Gasteiger partial charge is 0.489 e. The van der Waals surface area contributed by atoms with Gasteiger partial charge in [-0.15, -0.1) is 5.10 Å². The van der Waals surface area contributed by atoms with Crippen LogP contribution in [0.2, 0.25) is 5.02 Å². The Hall–Kier alpha value is -2.16. The number of aryl methyl sites for hydroxylation is 1. The average molecular weight is 408 g/mol. The van der Waals surface area contributed by atoms with Gasteiger partial charge >= 0.3 is 0 Å². The Morgan fingerprint density at radius 3 is 2.78 bits per heavy atom. The molecule has 0 saturated heterocycles. The first-order valence-electron chi connectivity index (χ1n) is 8.33. The third-order valence-corrected chi connectivity index (χ3v) is 4.98. The SMILES string of the molecule is Cn1nnnc1SCCNCc1cc(Cl)ccc1OCc1ccc(F)cc1. The first-order valence-corrected chi connectivity index (χ1v) is 9.70. The van der Waals surface area contributed by atoms with Crippen molar-refractivity contribution in [3.8, 4) is 5.75 Å². The van der Waals surface area contributed by atoms with Gasteiger partial charge in [-0.25, -0.2) is 9.07 Å². The summed E-state index contributed by atoms with van der Waals surface area (Å²) in [7, 11) is 1.81. The lowest BCUT2D eigenvalue weighted by atomic mass is 10.2. The van der Waals surface area contributed by atoms with Crippen LogP contribution in [0.3, 0.4) is 0 Å². The van der Waals surface area contributed by atoms with Crippen molar-refractivity contribution in [2.24, 2.45) is 7.05 Å². The van der Waals surface area contributed by atoms with E-state index in [1.165, 1.54) is 12.1 Å². The molecule has 0 spiro atoms. The van der Waals surface area contributed by atoms with Crippen molar-refractivity contribution in [3.05, 3.63) is 64.4 Å². The number of hydrogen-bond acceptors (Lipinski definition) is 6. The van der Waals surface area contributed by atoms with Crippen LogP contribution in [0.15, 0.2) is 47.6 Å². The molecule has 27 heavy (non-hydrogen) atoms. The molecular weight excluding hydrogens is 389 g/mol. The van der Waals surface area contributed by atoms with E-state index in [4.69, 9.17) is 16.3 Å². The number of benzene rings is 2. The van der Waals surface area contributed by atoms with E-state index in [0.29, 0.717) is 18.2 Å². The average Bonchev–Trinajstić information content (AvgIpc) is 3.07. The minimum atomic E-state index is -0.259. The second-order valence-corrected chi connectivity index (χ2v) is 7.28. The summed E-state index contributed by atoms with van der Waals surface area (Å²) in [5, 5.41) is 16.1. The van der Waals surface area contributed by atoms with Crippen LogP contribution in [0.25, 0.3) is 0 Å². The second kappa shape index (κ2) is 9.68. The summed E-state index contributed by atoms with van der Waals surface area (Å²) < 4.78 is 20.5. The summed E-state index contributed by atoms with van der Waals surface area (Å²) in [5.41, 5.74) is 1.87. The quantitative estimate of drug-likeness (QED) is 0.433. The minimum Gasteiger partial charge on any atom is -0.489 e. The smallest absolute Gasteiger partial charge is 0.209 e. The zero-order chi connectivity index (χ0) is 19.1. The molecule has 0 atom stereocenters. The number of halogens is 2. The summed E-state index contributed by atoms with van der Waals surface area (Å²) in [5.74, 6) is 1.33. The zero-order valence-electron chi connectivity index (χ0n) is 14.7. The number of aromatic nitrogens is 4. The van der Waals surface area contributed by atoms with E-state index in [9.17, 15) is 4.39 Å². The number of nitrogens with one attached hydrogen (secondary N) is 1. The lowest BCUT2D eigenvalue weighted by Gasteiger charge is -2.13. The Balaban J connectivity index is 1.50. The lowest BCUT2D eigenvalue weighted by molar-refractivity contribution is 0.302. The third-order valence-electron chi connectivity index (χ3n) is 3.74. The van der Waals surface area contributed by atoms with Crippen molar-refractivity contribution in [1.82, 2.24) is 25.5 Å². The van der Waals surface area contributed by atoms with Gasteiger partial charge in [-0.1, -0.05) is 35.5 Å². The van der Waals surface area contributed by atoms with Gasteiger partial charge < -0.3 is 10.1 Å². The van der Waals surface area contributed by atoms with Crippen LogP contribution in [-0.4, -0.2) is 32.5 Å². The molecule has 0 aliphatic carbocycles. The fraction of sp³-hybridized carbons (Fsp3) is 0.278. The predicted octanol–water partition coefficient (Wildman–Crippen LogP) is 3.46. The fourth-order valence-electron chi connectivity index (χ4n) is 2.35. The molecule has 6 nitrogen and oxygen atoms in total. The van der Waals surface area contributed by atoms with Crippen molar-refractivity contribution in [1.29, 1.82) is 0 Å². The Kier molecular flexibility index (Phi) is 7.03. The monoisotopic (exact) mass is 407 g/mol. The molecule has 1 heterocycles. The number of ether oxygens (including phenoxy) is 1. The molecule has 3 aromatic rings. The number of thioether (sulfide) groups is 1. The van der Waals surface area contributed by atoms with Crippen LogP contribution in [0.5, 0.6) is 5.75 Å². The van der Waals surface area contributed by atoms with Crippen molar-refractivity contribution in [2.75, 3.05) is 12.3 Å². The van der Waals surface area contributed by atoms with Gasteiger partial charge in [0.2, 0.25) is 5.16 Å². The Morgan fingerprint density at radius 1 is 1.22 bits per heavy atom. The van der Waals surface area contributed by atoms with Crippen molar-refractivity contribution in [2.45, 2.75) is 18.3 Å². The van der Waals surface area contributed by atoms with Crippen LogP contribution in [0.1, 0.15) is 11.1 Å². The Bertz CT molecular complexity index is 874. The molecule has 0 aliphatic rings. The summed E-state index contributed by atoms with van der Waals surface area (Å²) in [6.45, 7) is 1.77. The van der Waals surface area contributed by atoms with Crippen molar-refractivity contribution < 1.29 is 9.13 Å². The van der Waals surface area contributed by atoms with Gasteiger partial charge in [0.25, 0.3) is 0 Å². The third kappa shape index (κ3) is 5.92. The molecule has 0 fully saturated rings. The van der Waals surface area contributed by atoms with Gasteiger partial charge in [0, 0.05) is 36.5 Å². The van der Waals surface area contributed by atoms with Crippen LogP contribution in [0, 0.1) is 5.82 Å². The van der Waals surface area contributed by atoms with Gasteiger partial charge in [0.1, 0.15) is 18.2 Å². The highest BCUT2D eigenvalue weighted by Crippen LogP contribution is 2.24. The second-order valence-electron chi connectivity index (χ2n) is 5.78. The molecular formula is C18H19ClFN5OS. The first-order chi connectivity index (χ1) is 13.1. The predicted molar refractivity (Wildman–Crippen MR) is 103 cm³/mol. The summed E-state index contributed by atoms with van der Waals surface area (Å²) >= 11 is 7.70. The zero-order valence-corrected chi connectivity index (χ0v) is 16.3. The first kappa shape index (κ1) is 19.6. The molecule has 2 aromatic carbocycles. The Morgan fingerprint density at radius 2 is 2.04 bits per heavy atom. The van der Waals surface area contributed by atoms with E-state index in [1.54, 1.807) is 34.6 Å². The van der Waals surface area contributed by atoms with E-state index in [0.717, 1.165) is 34.3 Å². The van der Waals surface area contributed by atoms with E-state index < -0.39 is 0 Å². The van der Waals surface area contributed by atoms with Crippen LogP contribution >= 0.6 is 23.4 Å². The maximum Gasteiger partial charge on any atom is 0.209 e. The number of tetrazole rings is 1. The molecule has 3 rings (SSSR count). The van der Waals surface area contributed by atoms with Crippen LogP contribution < -0.4 is 10.1 Å². The summed E-state index contributed by atoms with van der Waals surface area (Å²) in [6.07, 6.45) is 0. The fourth-order valence-corrected chi connectivity index (χ4v) is 3.29. The molecule has 142 valence electrons. The molecule has 1 aromatic heterocycles. The highest BCUT2D eigenvalue weighted by atomic mass is 35.5. The van der Waals surface area contributed by atoms with Crippen LogP contribution in [0.4, 0.5) is 4.39 Å². The molecule has 0 amide bonds. The maximum atomic E-state index is 13.0. The van der Waals surface area contributed by atoms with E-state index in [-0.39, 0.29) is 5.82 Å². The molecule has 0 bridgehead atoms. The van der Waals surface area contributed by atoms with Gasteiger partial charge in [0.05, 0.1) is 0 Å². The number of hydrogen-bond donors (Lipinski definition) is 1. The molecule has 0 radical (unpaired) electrons. The molecule has 0 aliphatic heterocycles. The summed E-state index contributed by atoms with van der Waals surface area (Å²) in [6, 6.07) is 11.8. The summed E-state index contributed by atoms with van der Waals surface area (Å²) in [4.78, 5) is 0. The van der Waals surface area contributed by atoms with Crippen LogP contribution in [-0.2, 0) is 20.2 Å². The van der Waals surface area contributed by atoms with Gasteiger partial charge in [-0.05, 0) is 46.3 Å². The van der Waals surface area contributed by atoms with Gasteiger partial charge in [-0.3, -0.25) is 0 Å². The van der Waals surface area contributed by atoms with E-state index in [2.05, 4.69) is 20.8 Å². The lowest BCUT2D eigenvalue weighted by Crippen LogP contribution is -2.17. The molecule has 0 saturated carbocycles. The maximum absolute atomic E-state index is 13.0. The number of rotatable bonds is 9. The minimum absolute atomic E-state index is 0.259. The number of nitrogens with zero attached hydrogens (tertiary/aromatic N) is 4. The van der Waals surface area contributed by atoms with Gasteiger partial charge in [-0.2, -0.15) is 0 Å². The molecule has 1 N–H and O–H groups in total. The standard InChI is InChI=1S/C18H19ClFN5OS/c1-25-18(22-23-24-25)27-9-8-21-11-14-10-15(19)4-7-17(14)26-12-13-2-5-16(20)6-3-13/h2-7,10,21H,8-9,11-12H2,1H3. The Labute approximate surface area is 166 Å². The highest BCUT2D eigenvalue weighted by molar-refractivity contribution is 7.99. The van der Waals surface area contributed by atoms with Crippen molar-refractivity contribution in [3.63, 3.8) is 0 Å². The highest BCUT2D eigenvalue weighted by Gasteiger charge is 2.07. The van der Waals surface area contributed by atoms with Gasteiger partial charge in [0.15, 0.2) is 0 Å². The molecule has 0 unspecified atom stereocenters. The normalized spacial score (nSPS) is 10.9. The van der Waals surface area contributed by atoms with E-state index in [1.807, 2.05) is 19.2 Å². The van der Waals surface area contributed by atoms with E-state index >= 15 is 0 Å². The van der Waals surface area contributed by atoms with Crippen molar-refractivity contribution >= 4 is 23.4 Å². The molecule has 9 heteroatoms.